The molecule has 0 saturated heterocycles. The molecule has 1 aromatic heterocycles. The van der Waals surface area contributed by atoms with Crippen LogP contribution in [0.5, 0.6) is 0 Å². The van der Waals surface area contributed by atoms with Crippen molar-refractivity contribution in [3.8, 4) is 0 Å². The molecule has 0 unspecified atom stereocenters. The standard InChI is InChI=1S/C9H6F2S/c1-5-3-2-4-6-7(5)8(10)9(11)12-6/h2-4H,1H3. The van der Waals surface area contributed by atoms with Crippen molar-refractivity contribution in [2.24, 2.45) is 0 Å². The summed E-state index contributed by atoms with van der Waals surface area (Å²) in [5.41, 5.74) is 0.783. The van der Waals surface area contributed by atoms with Gasteiger partial charge in [0.2, 0.25) is 5.13 Å². The molecule has 62 valence electrons. The van der Waals surface area contributed by atoms with E-state index in [0.29, 0.717) is 10.1 Å². The number of benzene rings is 1. The second kappa shape index (κ2) is 2.52. The van der Waals surface area contributed by atoms with E-state index in [1.807, 2.05) is 0 Å². The average Bonchev–Trinajstić information content (AvgIpc) is 2.29. The number of halogens is 2. The van der Waals surface area contributed by atoms with Crippen LogP contribution in [0.4, 0.5) is 8.78 Å². The molecule has 0 nitrogen and oxygen atoms in total. The van der Waals surface area contributed by atoms with Gasteiger partial charge in [-0.25, -0.2) is 4.39 Å². The summed E-state index contributed by atoms with van der Waals surface area (Å²) in [4.78, 5) is 0. The van der Waals surface area contributed by atoms with E-state index in [2.05, 4.69) is 0 Å². The molecular weight excluding hydrogens is 178 g/mol. The van der Waals surface area contributed by atoms with Crippen LogP contribution >= 0.6 is 11.3 Å². The quantitative estimate of drug-likeness (QED) is 0.588. The molecule has 0 fully saturated rings. The Kier molecular flexibility index (Phi) is 1.61. The van der Waals surface area contributed by atoms with Gasteiger partial charge in [-0.1, -0.05) is 12.1 Å². The molecule has 0 radical (unpaired) electrons. The van der Waals surface area contributed by atoms with Crippen LogP contribution in [-0.4, -0.2) is 0 Å². The minimum Gasteiger partial charge on any atom is -0.202 e. The molecule has 0 amide bonds. The Labute approximate surface area is 72.4 Å². The van der Waals surface area contributed by atoms with Crippen LogP contribution in [0.1, 0.15) is 5.56 Å². The molecule has 12 heavy (non-hydrogen) atoms. The van der Waals surface area contributed by atoms with Gasteiger partial charge in [0.25, 0.3) is 0 Å². The van der Waals surface area contributed by atoms with Crippen LogP contribution in [0.25, 0.3) is 10.1 Å². The first-order valence-electron chi connectivity index (χ1n) is 3.53. The van der Waals surface area contributed by atoms with Crippen molar-refractivity contribution in [1.29, 1.82) is 0 Å². The summed E-state index contributed by atoms with van der Waals surface area (Å²) in [5.74, 6) is -0.715. The van der Waals surface area contributed by atoms with Gasteiger partial charge in [0.15, 0.2) is 5.82 Å². The van der Waals surface area contributed by atoms with E-state index in [-0.39, 0.29) is 0 Å². The van der Waals surface area contributed by atoms with E-state index >= 15 is 0 Å². The summed E-state index contributed by atoms with van der Waals surface area (Å²) < 4.78 is 26.5. The first-order chi connectivity index (χ1) is 5.70. The number of thiophene rings is 1. The minimum absolute atomic E-state index is 0.417. The van der Waals surface area contributed by atoms with Crippen LogP contribution < -0.4 is 0 Å². The second-order valence-electron chi connectivity index (χ2n) is 2.64. The Morgan fingerprint density at radius 1 is 1.25 bits per heavy atom. The molecule has 0 atom stereocenters. The lowest BCUT2D eigenvalue weighted by molar-refractivity contribution is 0.537. The fraction of sp³-hybridized carbons (Fsp3) is 0.111. The molecule has 0 aliphatic carbocycles. The van der Waals surface area contributed by atoms with E-state index in [4.69, 9.17) is 0 Å². The molecular formula is C9H6F2S. The Morgan fingerprint density at radius 2 is 2.00 bits per heavy atom. The molecule has 0 aliphatic heterocycles. The van der Waals surface area contributed by atoms with E-state index in [0.717, 1.165) is 16.9 Å². The summed E-state index contributed by atoms with van der Waals surface area (Å²) in [6.45, 7) is 1.78. The Morgan fingerprint density at radius 3 is 2.67 bits per heavy atom. The second-order valence-corrected chi connectivity index (χ2v) is 3.64. The molecule has 0 aliphatic rings. The molecule has 0 spiro atoms. The number of hydrogen-bond donors (Lipinski definition) is 0. The third-order valence-electron chi connectivity index (χ3n) is 1.83. The molecule has 0 bridgehead atoms. The number of rotatable bonds is 0. The minimum atomic E-state index is -0.723. The van der Waals surface area contributed by atoms with Crippen molar-refractivity contribution in [3.05, 3.63) is 34.7 Å². The summed E-state index contributed by atoms with van der Waals surface area (Å²) in [5, 5.41) is -0.306. The van der Waals surface area contributed by atoms with Gasteiger partial charge in [0.05, 0.1) is 0 Å². The summed E-state index contributed by atoms with van der Waals surface area (Å²) >= 11 is 0.851. The fourth-order valence-corrected chi connectivity index (χ4v) is 2.13. The lowest BCUT2D eigenvalue weighted by Gasteiger charge is -1.93. The van der Waals surface area contributed by atoms with Crippen molar-refractivity contribution in [1.82, 2.24) is 0 Å². The molecule has 1 heterocycles. The largest absolute Gasteiger partial charge is 0.213 e. The first-order valence-corrected chi connectivity index (χ1v) is 4.35. The molecule has 2 aromatic rings. The van der Waals surface area contributed by atoms with E-state index in [1.54, 1.807) is 25.1 Å². The number of hydrogen-bond acceptors (Lipinski definition) is 1. The molecule has 3 heteroatoms. The van der Waals surface area contributed by atoms with E-state index < -0.39 is 10.9 Å². The van der Waals surface area contributed by atoms with Gasteiger partial charge in [-0.15, -0.1) is 11.3 Å². The zero-order chi connectivity index (χ0) is 8.72. The molecule has 2 rings (SSSR count). The Balaban J connectivity index is 2.97. The monoisotopic (exact) mass is 184 g/mol. The third-order valence-corrected chi connectivity index (χ3v) is 2.74. The van der Waals surface area contributed by atoms with Crippen molar-refractivity contribution in [3.63, 3.8) is 0 Å². The van der Waals surface area contributed by atoms with E-state index in [9.17, 15) is 8.78 Å². The smallest absolute Gasteiger partial charge is 0.202 e. The topological polar surface area (TPSA) is 0 Å². The van der Waals surface area contributed by atoms with Crippen LogP contribution in [-0.2, 0) is 0 Å². The highest BCUT2D eigenvalue weighted by molar-refractivity contribution is 7.17. The van der Waals surface area contributed by atoms with Gasteiger partial charge >= 0.3 is 0 Å². The van der Waals surface area contributed by atoms with Gasteiger partial charge in [-0.05, 0) is 18.6 Å². The van der Waals surface area contributed by atoms with Crippen LogP contribution in [0.15, 0.2) is 18.2 Å². The highest BCUT2D eigenvalue weighted by atomic mass is 32.1. The van der Waals surface area contributed by atoms with Gasteiger partial charge in [0.1, 0.15) is 0 Å². The summed E-state index contributed by atoms with van der Waals surface area (Å²) in [6, 6.07) is 5.30. The average molecular weight is 184 g/mol. The van der Waals surface area contributed by atoms with E-state index in [1.165, 1.54) is 0 Å². The number of fused-ring (bicyclic) bond motifs is 1. The summed E-state index contributed by atoms with van der Waals surface area (Å²) in [7, 11) is 0. The molecule has 0 saturated carbocycles. The molecule has 1 aromatic carbocycles. The zero-order valence-corrected chi connectivity index (χ0v) is 7.21. The van der Waals surface area contributed by atoms with Crippen LogP contribution in [0.3, 0.4) is 0 Å². The SMILES string of the molecule is Cc1cccc2sc(F)c(F)c12. The third kappa shape index (κ3) is 0.932. The summed E-state index contributed by atoms with van der Waals surface area (Å²) in [6.07, 6.45) is 0. The highest BCUT2D eigenvalue weighted by Gasteiger charge is 2.12. The Hall–Kier alpha value is -0.960. The lowest BCUT2D eigenvalue weighted by Crippen LogP contribution is -1.77. The number of aryl methyl sites for hydroxylation is 1. The maximum Gasteiger partial charge on any atom is 0.213 e. The predicted molar refractivity (Wildman–Crippen MR) is 46.5 cm³/mol. The first kappa shape index (κ1) is 7.68. The maximum atomic E-state index is 13.1. The lowest BCUT2D eigenvalue weighted by atomic mass is 10.1. The predicted octanol–water partition coefficient (Wildman–Crippen LogP) is 3.49. The zero-order valence-electron chi connectivity index (χ0n) is 6.40. The fourth-order valence-electron chi connectivity index (χ4n) is 1.25. The van der Waals surface area contributed by atoms with Gasteiger partial charge in [-0.3, -0.25) is 0 Å². The van der Waals surface area contributed by atoms with Crippen LogP contribution in [0, 0.1) is 17.9 Å². The normalized spacial score (nSPS) is 10.9. The van der Waals surface area contributed by atoms with Crippen molar-refractivity contribution < 1.29 is 8.78 Å². The van der Waals surface area contributed by atoms with Crippen molar-refractivity contribution >= 4 is 21.4 Å². The highest BCUT2D eigenvalue weighted by Crippen LogP contribution is 2.30. The van der Waals surface area contributed by atoms with Crippen molar-refractivity contribution in [2.75, 3.05) is 0 Å². The van der Waals surface area contributed by atoms with Crippen LogP contribution in [0.2, 0.25) is 0 Å². The van der Waals surface area contributed by atoms with Gasteiger partial charge in [0, 0.05) is 10.1 Å². The molecule has 0 N–H and O–H groups in total. The Bertz CT molecular complexity index is 431. The van der Waals surface area contributed by atoms with Crippen molar-refractivity contribution in [2.45, 2.75) is 6.92 Å². The van der Waals surface area contributed by atoms with Gasteiger partial charge in [-0.2, -0.15) is 4.39 Å². The maximum absolute atomic E-state index is 13.1. The van der Waals surface area contributed by atoms with Gasteiger partial charge < -0.3 is 0 Å².